The van der Waals surface area contributed by atoms with Crippen molar-refractivity contribution in [2.75, 3.05) is 20.3 Å². The number of amides is 1. The van der Waals surface area contributed by atoms with E-state index in [1.807, 2.05) is 0 Å². The lowest BCUT2D eigenvalue weighted by Crippen LogP contribution is -2.34. The van der Waals surface area contributed by atoms with Gasteiger partial charge in [0, 0.05) is 13.7 Å². The summed E-state index contributed by atoms with van der Waals surface area (Å²) in [4.78, 5) is 11.7. The number of aliphatic hydroxyl groups excluding tert-OH is 1. The van der Waals surface area contributed by atoms with Crippen LogP contribution >= 0.6 is 0 Å². The standard InChI is InChI=1S/C11H17NO4/c1-7-4-10(8(2)16-7)11(14)12-5-9(13)6-15-3/h4,9,13H,5-6H2,1-3H3,(H,12,14). The Bertz CT molecular complexity index is 359. The number of carbonyl (C=O) groups is 1. The van der Waals surface area contributed by atoms with Crippen molar-refractivity contribution in [1.82, 2.24) is 5.32 Å². The molecule has 0 spiro atoms. The van der Waals surface area contributed by atoms with Gasteiger partial charge in [-0.1, -0.05) is 0 Å². The second-order valence-corrected chi connectivity index (χ2v) is 3.65. The summed E-state index contributed by atoms with van der Waals surface area (Å²) < 4.78 is 9.99. The monoisotopic (exact) mass is 227 g/mol. The van der Waals surface area contributed by atoms with Crippen molar-refractivity contribution in [1.29, 1.82) is 0 Å². The molecule has 1 amide bonds. The summed E-state index contributed by atoms with van der Waals surface area (Å²) >= 11 is 0. The molecule has 0 radical (unpaired) electrons. The number of carbonyl (C=O) groups excluding carboxylic acids is 1. The highest BCUT2D eigenvalue weighted by molar-refractivity contribution is 5.95. The number of hydrogen-bond acceptors (Lipinski definition) is 4. The number of nitrogens with one attached hydrogen (secondary N) is 1. The van der Waals surface area contributed by atoms with Gasteiger partial charge in [0.2, 0.25) is 0 Å². The van der Waals surface area contributed by atoms with Gasteiger partial charge < -0.3 is 19.6 Å². The molecule has 1 unspecified atom stereocenters. The molecule has 1 heterocycles. The smallest absolute Gasteiger partial charge is 0.254 e. The van der Waals surface area contributed by atoms with Gasteiger partial charge in [-0.05, 0) is 19.9 Å². The Balaban J connectivity index is 2.50. The maximum atomic E-state index is 11.7. The zero-order valence-electron chi connectivity index (χ0n) is 9.74. The fourth-order valence-electron chi connectivity index (χ4n) is 1.41. The van der Waals surface area contributed by atoms with Crippen molar-refractivity contribution >= 4 is 5.91 Å². The summed E-state index contributed by atoms with van der Waals surface area (Å²) in [6.07, 6.45) is -0.692. The molecule has 0 aliphatic heterocycles. The van der Waals surface area contributed by atoms with E-state index in [1.54, 1.807) is 19.9 Å². The summed E-state index contributed by atoms with van der Waals surface area (Å²) in [5, 5.41) is 12.0. The molecule has 0 bridgehead atoms. The third-order valence-corrected chi connectivity index (χ3v) is 2.14. The zero-order valence-corrected chi connectivity index (χ0v) is 9.74. The maximum absolute atomic E-state index is 11.7. The van der Waals surface area contributed by atoms with E-state index in [2.05, 4.69) is 5.32 Å². The molecule has 0 saturated heterocycles. The number of ether oxygens (including phenoxy) is 1. The predicted octanol–water partition coefficient (Wildman–Crippen LogP) is 0.634. The van der Waals surface area contributed by atoms with Gasteiger partial charge in [-0.2, -0.15) is 0 Å². The van der Waals surface area contributed by atoms with E-state index in [1.165, 1.54) is 7.11 Å². The first kappa shape index (κ1) is 12.7. The minimum atomic E-state index is -0.692. The Labute approximate surface area is 94.4 Å². The molecule has 1 rings (SSSR count). The molecule has 0 fully saturated rings. The molecule has 90 valence electrons. The van der Waals surface area contributed by atoms with Gasteiger partial charge in [0.15, 0.2) is 0 Å². The molecule has 1 aromatic heterocycles. The van der Waals surface area contributed by atoms with Gasteiger partial charge in [0.05, 0.1) is 18.3 Å². The van der Waals surface area contributed by atoms with Gasteiger partial charge in [0.1, 0.15) is 11.5 Å². The maximum Gasteiger partial charge on any atom is 0.254 e. The number of aliphatic hydroxyl groups is 1. The van der Waals surface area contributed by atoms with Gasteiger partial charge in [0.25, 0.3) is 5.91 Å². The van der Waals surface area contributed by atoms with Crippen LogP contribution < -0.4 is 5.32 Å². The van der Waals surface area contributed by atoms with Crippen LogP contribution in [-0.4, -0.2) is 37.4 Å². The molecule has 16 heavy (non-hydrogen) atoms. The van der Waals surface area contributed by atoms with Gasteiger partial charge in [-0.25, -0.2) is 0 Å². The number of hydrogen-bond donors (Lipinski definition) is 2. The summed E-state index contributed by atoms with van der Waals surface area (Å²) in [5.41, 5.74) is 0.502. The van der Waals surface area contributed by atoms with E-state index < -0.39 is 6.10 Å². The van der Waals surface area contributed by atoms with Crippen molar-refractivity contribution in [2.45, 2.75) is 20.0 Å². The number of methoxy groups -OCH3 is 1. The summed E-state index contributed by atoms with van der Waals surface area (Å²) in [6, 6.07) is 1.67. The molecule has 5 heteroatoms. The lowest BCUT2D eigenvalue weighted by molar-refractivity contribution is 0.0609. The van der Waals surface area contributed by atoms with Crippen molar-refractivity contribution in [3.05, 3.63) is 23.2 Å². The fraction of sp³-hybridized carbons (Fsp3) is 0.545. The molecular weight excluding hydrogens is 210 g/mol. The summed E-state index contributed by atoms with van der Waals surface area (Å²) in [7, 11) is 1.49. The molecule has 0 aliphatic rings. The SMILES string of the molecule is COCC(O)CNC(=O)c1cc(C)oc1C. The first-order valence-electron chi connectivity index (χ1n) is 5.06. The molecule has 5 nitrogen and oxygen atoms in total. The van der Waals surface area contributed by atoms with Crippen LogP contribution in [0.25, 0.3) is 0 Å². The first-order chi connectivity index (χ1) is 7.54. The lowest BCUT2D eigenvalue weighted by Gasteiger charge is -2.10. The Hall–Kier alpha value is -1.33. The average Bonchev–Trinajstić information content (AvgIpc) is 2.55. The predicted molar refractivity (Wildman–Crippen MR) is 58.4 cm³/mol. The van der Waals surface area contributed by atoms with E-state index in [9.17, 15) is 9.90 Å². The minimum Gasteiger partial charge on any atom is -0.466 e. The van der Waals surface area contributed by atoms with Crippen molar-refractivity contribution in [2.24, 2.45) is 0 Å². The molecule has 0 saturated carbocycles. The normalized spacial score (nSPS) is 12.5. The van der Waals surface area contributed by atoms with Gasteiger partial charge in [-0.3, -0.25) is 4.79 Å². The summed E-state index contributed by atoms with van der Waals surface area (Å²) in [6.45, 7) is 3.87. The fourth-order valence-corrected chi connectivity index (χ4v) is 1.41. The third kappa shape index (κ3) is 3.36. The van der Waals surface area contributed by atoms with Crippen molar-refractivity contribution in [3.63, 3.8) is 0 Å². The third-order valence-electron chi connectivity index (χ3n) is 2.14. The van der Waals surface area contributed by atoms with Crippen LogP contribution in [-0.2, 0) is 4.74 Å². The van der Waals surface area contributed by atoms with Crippen LogP contribution in [0, 0.1) is 13.8 Å². The van der Waals surface area contributed by atoms with E-state index in [0.717, 1.165) is 0 Å². The molecule has 1 aromatic rings. The highest BCUT2D eigenvalue weighted by Crippen LogP contribution is 2.13. The van der Waals surface area contributed by atoms with Gasteiger partial charge in [-0.15, -0.1) is 0 Å². The lowest BCUT2D eigenvalue weighted by atomic mass is 10.2. The Kier molecular flexibility index (Phi) is 4.52. The number of aryl methyl sites for hydroxylation is 2. The van der Waals surface area contributed by atoms with Gasteiger partial charge >= 0.3 is 0 Å². The highest BCUT2D eigenvalue weighted by Gasteiger charge is 2.14. The zero-order chi connectivity index (χ0) is 12.1. The van der Waals surface area contributed by atoms with Crippen LogP contribution in [0.4, 0.5) is 0 Å². The molecule has 0 aliphatic carbocycles. The first-order valence-corrected chi connectivity index (χ1v) is 5.06. The summed E-state index contributed by atoms with van der Waals surface area (Å²) in [5.74, 6) is 1.03. The minimum absolute atomic E-state index is 0.163. The van der Waals surface area contributed by atoms with Crippen molar-refractivity contribution in [3.8, 4) is 0 Å². The average molecular weight is 227 g/mol. The largest absolute Gasteiger partial charge is 0.466 e. The number of furan rings is 1. The van der Waals surface area contributed by atoms with E-state index >= 15 is 0 Å². The van der Waals surface area contributed by atoms with Crippen molar-refractivity contribution < 1.29 is 19.1 Å². The van der Waals surface area contributed by atoms with E-state index in [4.69, 9.17) is 9.15 Å². The molecule has 2 N–H and O–H groups in total. The van der Waals surface area contributed by atoms with Crippen LogP contribution in [0.2, 0.25) is 0 Å². The Morgan fingerprint density at radius 1 is 1.62 bits per heavy atom. The van der Waals surface area contributed by atoms with Crippen LogP contribution in [0.3, 0.4) is 0 Å². The van der Waals surface area contributed by atoms with Crippen LogP contribution in [0.1, 0.15) is 21.9 Å². The molecular formula is C11H17NO4. The van der Waals surface area contributed by atoms with Crippen LogP contribution in [0.5, 0.6) is 0 Å². The van der Waals surface area contributed by atoms with E-state index in [-0.39, 0.29) is 19.1 Å². The Morgan fingerprint density at radius 2 is 2.31 bits per heavy atom. The molecule has 0 aromatic carbocycles. The number of rotatable bonds is 5. The second-order valence-electron chi connectivity index (χ2n) is 3.65. The quantitative estimate of drug-likeness (QED) is 0.774. The topological polar surface area (TPSA) is 71.7 Å². The van der Waals surface area contributed by atoms with E-state index in [0.29, 0.717) is 17.1 Å². The highest BCUT2D eigenvalue weighted by atomic mass is 16.5. The Morgan fingerprint density at radius 3 is 2.81 bits per heavy atom. The van der Waals surface area contributed by atoms with Crippen LogP contribution in [0.15, 0.2) is 10.5 Å². The second kappa shape index (κ2) is 5.67. The molecule has 1 atom stereocenters.